The number of rotatable bonds is 5. The minimum atomic E-state index is -0.223. The summed E-state index contributed by atoms with van der Waals surface area (Å²) in [5.41, 5.74) is 1.07. The molecular weight excluding hydrogens is 349 g/mol. The maximum Gasteiger partial charge on any atom is 0.162 e. The maximum absolute atomic E-state index is 6.27. The Balaban J connectivity index is 0.00000208. The highest BCUT2D eigenvalue weighted by atomic mass is 35.5. The molecule has 1 aliphatic rings. The zero-order chi connectivity index (χ0) is 16.1. The van der Waals surface area contributed by atoms with Crippen molar-refractivity contribution in [3.63, 3.8) is 0 Å². The molecule has 24 heavy (non-hydrogen) atoms. The third-order valence-electron chi connectivity index (χ3n) is 3.80. The molecule has 0 aromatic heterocycles. The topological polar surface area (TPSA) is 39.7 Å². The van der Waals surface area contributed by atoms with E-state index in [2.05, 4.69) is 5.32 Å². The maximum atomic E-state index is 6.27. The summed E-state index contributed by atoms with van der Waals surface area (Å²) in [5.74, 6) is 1.27. The van der Waals surface area contributed by atoms with E-state index in [-0.39, 0.29) is 24.6 Å². The lowest BCUT2D eigenvalue weighted by atomic mass is 10.0. The Hall–Kier alpha value is -1.46. The summed E-state index contributed by atoms with van der Waals surface area (Å²) in [4.78, 5) is 0. The average molecular weight is 370 g/mol. The van der Waals surface area contributed by atoms with E-state index >= 15 is 0 Å². The van der Waals surface area contributed by atoms with Gasteiger partial charge in [-0.2, -0.15) is 0 Å². The first-order valence-electron chi connectivity index (χ1n) is 7.65. The van der Waals surface area contributed by atoms with Crippen molar-refractivity contribution >= 4 is 24.0 Å². The van der Waals surface area contributed by atoms with Crippen molar-refractivity contribution in [3.05, 3.63) is 59.1 Å². The highest BCUT2D eigenvalue weighted by Gasteiger charge is 2.28. The second-order valence-corrected chi connectivity index (χ2v) is 5.79. The van der Waals surface area contributed by atoms with Crippen LogP contribution in [0.3, 0.4) is 0 Å². The molecule has 1 aliphatic heterocycles. The molecule has 130 valence electrons. The van der Waals surface area contributed by atoms with Crippen LogP contribution in [-0.4, -0.2) is 32.9 Å². The molecule has 0 aliphatic carbocycles. The highest BCUT2D eigenvalue weighted by molar-refractivity contribution is 6.30. The highest BCUT2D eigenvalue weighted by Crippen LogP contribution is 2.35. The Labute approximate surface area is 153 Å². The third kappa shape index (κ3) is 4.54. The molecule has 0 saturated carbocycles. The standard InChI is InChI=1S/C18H20ClNO3.ClH/c1-21-16-11-14(19)7-8-15(16)23-18(13-5-3-2-4-6-13)17-12-20-9-10-22-17;/h2-8,11,17-18,20H,9-10,12H2,1H3;1H/t17-,18-;/m0./s1. The monoisotopic (exact) mass is 369 g/mol. The van der Waals surface area contributed by atoms with Crippen LogP contribution >= 0.6 is 24.0 Å². The smallest absolute Gasteiger partial charge is 0.162 e. The van der Waals surface area contributed by atoms with E-state index in [1.54, 1.807) is 19.2 Å². The Morgan fingerprint density at radius 3 is 2.62 bits per heavy atom. The minimum absolute atomic E-state index is 0. The second-order valence-electron chi connectivity index (χ2n) is 5.36. The Bertz CT molecular complexity index is 633. The van der Waals surface area contributed by atoms with Gasteiger partial charge in [0.05, 0.1) is 13.7 Å². The Morgan fingerprint density at radius 1 is 1.17 bits per heavy atom. The summed E-state index contributed by atoms with van der Waals surface area (Å²) < 4.78 is 17.6. The molecular formula is C18H21Cl2NO3. The van der Waals surface area contributed by atoms with Gasteiger partial charge in [0.25, 0.3) is 0 Å². The Kier molecular flexibility index (Phi) is 7.18. The lowest BCUT2D eigenvalue weighted by Gasteiger charge is -2.32. The van der Waals surface area contributed by atoms with Gasteiger partial charge in [0.15, 0.2) is 17.6 Å². The lowest BCUT2D eigenvalue weighted by molar-refractivity contribution is -0.0438. The van der Waals surface area contributed by atoms with Crippen LogP contribution in [0.1, 0.15) is 11.7 Å². The van der Waals surface area contributed by atoms with E-state index in [9.17, 15) is 0 Å². The fraction of sp³-hybridized carbons (Fsp3) is 0.333. The van der Waals surface area contributed by atoms with Crippen LogP contribution < -0.4 is 14.8 Å². The van der Waals surface area contributed by atoms with E-state index in [1.165, 1.54) is 0 Å². The van der Waals surface area contributed by atoms with Gasteiger partial charge >= 0.3 is 0 Å². The zero-order valence-electron chi connectivity index (χ0n) is 13.4. The van der Waals surface area contributed by atoms with Gasteiger partial charge in [-0.15, -0.1) is 12.4 Å². The van der Waals surface area contributed by atoms with Crippen molar-refractivity contribution in [2.75, 3.05) is 26.8 Å². The number of benzene rings is 2. The van der Waals surface area contributed by atoms with Gasteiger partial charge in [-0.25, -0.2) is 0 Å². The number of nitrogens with one attached hydrogen (secondary N) is 1. The summed E-state index contributed by atoms with van der Waals surface area (Å²) in [7, 11) is 1.61. The summed E-state index contributed by atoms with van der Waals surface area (Å²) >= 11 is 6.03. The fourth-order valence-electron chi connectivity index (χ4n) is 2.66. The molecule has 1 saturated heterocycles. The van der Waals surface area contributed by atoms with Crippen molar-refractivity contribution < 1.29 is 14.2 Å². The second kappa shape index (κ2) is 9.14. The molecule has 0 spiro atoms. The van der Waals surface area contributed by atoms with Gasteiger partial charge in [-0.1, -0.05) is 41.9 Å². The van der Waals surface area contributed by atoms with Gasteiger partial charge in [-0.05, 0) is 17.7 Å². The lowest BCUT2D eigenvalue weighted by Crippen LogP contribution is -2.43. The van der Waals surface area contributed by atoms with Crippen LogP contribution in [0.2, 0.25) is 5.02 Å². The molecule has 0 unspecified atom stereocenters. The van der Waals surface area contributed by atoms with E-state index in [0.29, 0.717) is 23.1 Å². The summed E-state index contributed by atoms with van der Waals surface area (Å²) in [6.45, 7) is 2.28. The summed E-state index contributed by atoms with van der Waals surface area (Å²) in [6, 6.07) is 15.5. The SMILES string of the molecule is COc1cc(Cl)ccc1O[C@@H](c1ccccc1)[C@@H]1CNCCO1.Cl. The molecule has 0 amide bonds. The third-order valence-corrected chi connectivity index (χ3v) is 4.04. The molecule has 2 aromatic carbocycles. The minimum Gasteiger partial charge on any atom is -0.493 e. The van der Waals surface area contributed by atoms with Crippen LogP contribution in [0.25, 0.3) is 0 Å². The zero-order valence-corrected chi connectivity index (χ0v) is 15.0. The van der Waals surface area contributed by atoms with E-state index in [1.807, 2.05) is 36.4 Å². The predicted molar refractivity (Wildman–Crippen MR) is 97.7 cm³/mol. The van der Waals surface area contributed by atoms with Gasteiger partial charge < -0.3 is 19.5 Å². The molecule has 1 heterocycles. The number of hydrogen-bond acceptors (Lipinski definition) is 4. The molecule has 6 heteroatoms. The van der Waals surface area contributed by atoms with E-state index in [4.69, 9.17) is 25.8 Å². The summed E-state index contributed by atoms with van der Waals surface area (Å²) in [5, 5.41) is 3.96. The molecule has 0 bridgehead atoms. The van der Waals surface area contributed by atoms with Crippen LogP contribution in [0.5, 0.6) is 11.5 Å². The number of morpholine rings is 1. The normalized spacial score (nSPS) is 18.3. The van der Waals surface area contributed by atoms with Gasteiger partial charge in [-0.3, -0.25) is 0 Å². The first kappa shape index (κ1) is 18.9. The Morgan fingerprint density at radius 2 is 1.96 bits per heavy atom. The van der Waals surface area contributed by atoms with E-state index in [0.717, 1.165) is 18.7 Å². The molecule has 4 nitrogen and oxygen atoms in total. The molecule has 2 aromatic rings. The van der Waals surface area contributed by atoms with Crippen LogP contribution in [0, 0.1) is 0 Å². The molecule has 3 rings (SSSR count). The van der Waals surface area contributed by atoms with Gasteiger partial charge in [0, 0.05) is 24.2 Å². The first-order valence-corrected chi connectivity index (χ1v) is 8.03. The fourth-order valence-corrected chi connectivity index (χ4v) is 2.82. The largest absolute Gasteiger partial charge is 0.493 e. The van der Waals surface area contributed by atoms with Crippen LogP contribution in [0.15, 0.2) is 48.5 Å². The van der Waals surface area contributed by atoms with Crippen molar-refractivity contribution in [1.82, 2.24) is 5.32 Å². The van der Waals surface area contributed by atoms with Gasteiger partial charge in [0.1, 0.15) is 6.10 Å². The number of halogens is 2. The average Bonchev–Trinajstić information content (AvgIpc) is 2.62. The van der Waals surface area contributed by atoms with Gasteiger partial charge in [0.2, 0.25) is 0 Å². The molecule has 1 fully saturated rings. The number of ether oxygens (including phenoxy) is 3. The van der Waals surface area contributed by atoms with Crippen LogP contribution in [0.4, 0.5) is 0 Å². The van der Waals surface area contributed by atoms with Crippen molar-refractivity contribution in [3.8, 4) is 11.5 Å². The van der Waals surface area contributed by atoms with Crippen molar-refractivity contribution in [2.45, 2.75) is 12.2 Å². The number of hydrogen-bond donors (Lipinski definition) is 1. The van der Waals surface area contributed by atoms with Crippen molar-refractivity contribution in [2.24, 2.45) is 0 Å². The summed E-state index contributed by atoms with van der Waals surface area (Å²) in [6.07, 6.45) is -0.286. The van der Waals surface area contributed by atoms with E-state index < -0.39 is 0 Å². The number of methoxy groups -OCH3 is 1. The first-order chi connectivity index (χ1) is 11.3. The predicted octanol–water partition coefficient (Wildman–Crippen LogP) is 3.88. The molecule has 2 atom stereocenters. The van der Waals surface area contributed by atoms with Crippen LogP contribution in [-0.2, 0) is 4.74 Å². The van der Waals surface area contributed by atoms with Crippen molar-refractivity contribution in [1.29, 1.82) is 0 Å². The quantitative estimate of drug-likeness (QED) is 0.867. The molecule has 1 N–H and O–H groups in total. The molecule has 0 radical (unpaired) electrons.